The predicted molar refractivity (Wildman–Crippen MR) is 93.1 cm³/mol. The molecule has 0 spiro atoms. The summed E-state index contributed by atoms with van der Waals surface area (Å²) >= 11 is 1.80. The Kier molecular flexibility index (Phi) is 5.90. The normalized spacial score (nSPS) is 10.7. The van der Waals surface area contributed by atoms with E-state index in [-0.39, 0.29) is 0 Å². The largest absolute Gasteiger partial charge is 0.478 e. The number of hydrogen-bond acceptors (Lipinski definition) is 3. The number of anilines is 1. The summed E-state index contributed by atoms with van der Waals surface area (Å²) in [5.74, 6) is 0.489. The van der Waals surface area contributed by atoms with Crippen LogP contribution in [0.25, 0.3) is 0 Å². The number of aromatic carboxylic acids is 1. The maximum absolute atomic E-state index is 11.2. The van der Waals surface area contributed by atoms with Crippen molar-refractivity contribution < 1.29 is 9.90 Å². The molecule has 22 heavy (non-hydrogen) atoms. The highest BCUT2D eigenvalue weighted by molar-refractivity contribution is 7.99. The summed E-state index contributed by atoms with van der Waals surface area (Å²) in [6, 6.07) is 15.4. The Balaban J connectivity index is 1.92. The van der Waals surface area contributed by atoms with Crippen LogP contribution in [0.4, 0.5) is 5.69 Å². The van der Waals surface area contributed by atoms with Crippen molar-refractivity contribution in [1.29, 1.82) is 0 Å². The van der Waals surface area contributed by atoms with E-state index in [2.05, 4.69) is 43.4 Å². The Morgan fingerprint density at radius 1 is 1.14 bits per heavy atom. The van der Waals surface area contributed by atoms with Crippen molar-refractivity contribution in [3.05, 3.63) is 59.7 Å². The molecule has 0 bridgehead atoms. The minimum Gasteiger partial charge on any atom is -0.478 e. The molecular weight excluding hydrogens is 294 g/mol. The summed E-state index contributed by atoms with van der Waals surface area (Å²) in [6.45, 7) is 5.11. The Morgan fingerprint density at radius 3 is 2.55 bits per heavy atom. The number of carboxylic acids is 1. The second kappa shape index (κ2) is 7.90. The quantitative estimate of drug-likeness (QED) is 0.574. The summed E-state index contributed by atoms with van der Waals surface area (Å²) in [5, 5.41) is 12.4. The van der Waals surface area contributed by atoms with Gasteiger partial charge in [0.05, 0.1) is 5.56 Å². The van der Waals surface area contributed by atoms with E-state index in [0.717, 1.165) is 12.3 Å². The summed E-state index contributed by atoms with van der Waals surface area (Å²) < 4.78 is 0. The monoisotopic (exact) mass is 315 g/mol. The number of thioether (sulfide) groups is 1. The third-order valence-corrected chi connectivity index (χ3v) is 4.46. The molecule has 2 rings (SSSR count). The first-order valence-electron chi connectivity index (χ1n) is 7.37. The Bertz CT molecular complexity index is 640. The molecule has 4 heteroatoms. The number of carbonyl (C=O) groups is 1. The average Bonchev–Trinajstić information content (AvgIpc) is 2.52. The summed E-state index contributed by atoms with van der Waals surface area (Å²) in [6.07, 6.45) is 0. The van der Waals surface area contributed by atoms with Crippen molar-refractivity contribution >= 4 is 23.4 Å². The Morgan fingerprint density at radius 2 is 1.82 bits per heavy atom. The third-order valence-electron chi connectivity index (χ3n) is 3.37. The van der Waals surface area contributed by atoms with Crippen molar-refractivity contribution in [2.75, 3.05) is 17.6 Å². The zero-order valence-corrected chi connectivity index (χ0v) is 13.7. The van der Waals surface area contributed by atoms with Gasteiger partial charge in [-0.05, 0) is 29.7 Å². The van der Waals surface area contributed by atoms with Crippen LogP contribution in [0.1, 0.15) is 35.7 Å². The molecular formula is C18H21NO2S. The van der Waals surface area contributed by atoms with Gasteiger partial charge in [-0.1, -0.05) is 44.2 Å². The zero-order chi connectivity index (χ0) is 15.9. The summed E-state index contributed by atoms with van der Waals surface area (Å²) in [4.78, 5) is 12.4. The topological polar surface area (TPSA) is 49.3 Å². The second-order valence-corrected chi connectivity index (χ2v) is 6.46. The highest BCUT2D eigenvalue weighted by atomic mass is 32.2. The van der Waals surface area contributed by atoms with E-state index < -0.39 is 5.97 Å². The smallest absolute Gasteiger partial charge is 0.337 e. The van der Waals surface area contributed by atoms with Gasteiger partial charge in [-0.15, -0.1) is 11.8 Å². The number of rotatable bonds is 7. The van der Waals surface area contributed by atoms with Crippen molar-refractivity contribution in [2.45, 2.75) is 24.7 Å². The molecule has 0 saturated heterocycles. The van der Waals surface area contributed by atoms with Crippen molar-refractivity contribution in [1.82, 2.24) is 0 Å². The molecule has 2 N–H and O–H groups in total. The fourth-order valence-corrected chi connectivity index (χ4v) is 3.33. The van der Waals surface area contributed by atoms with Gasteiger partial charge in [0.25, 0.3) is 0 Å². The molecule has 0 unspecified atom stereocenters. The van der Waals surface area contributed by atoms with Gasteiger partial charge in [0.15, 0.2) is 0 Å². The highest BCUT2D eigenvalue weighted by Gasteiger charge is 2.09. The van der Waals surface area contributed by atoms with Gasteiger partial charge < -0.3 is 10.4 Å². The lowest BCUT2D eigenvalue weighted by molar-refractivity contribution is 0.0698. The molecule has 2 aromatic rings. The predicted octanol–water partition coefficient (Wildman–Crippen LogP) is 4.71. The first-order chi connectivity index (χ1) is 10.6. The van der Waals surface area contributed by atoms with Crippen LogP contribution in [0.2, 0.25) is 0 Å². The van der Waals surface area contributed by atoms with E-state index in [1.165, 1.54) is 10.5 Å². The molecule has 3 nitrogen and oxygen atoms in total. The van der Waals surface area contributed by atoms with Crippen LogP contribution in [-0.2, 0) is 0 Å². The molecule has 0 aliphatic heterocycles. The first-order valence-corrected chi connectivity index (χ1v) is 8.36. The number of carboxylic acid groups (broad SMARTS) is 1. The Hall–Kier alpha value is -1.94. The molecule has 0 fully saturated rings. The van der Waals surface area contributed by atoms with Gasteiger partial charge in [0.1, 0.15) is 0 Å². The van der Waals surface area contributed by atoms with Gasteiger partial charge in [0, 0.05) is 22.9 Å². The lowest BCUT2D eigenvalue weighted by Gasteiger charge is -2.13. The van der Waals surface area contributed by atoms with E-state index in [4.69, 9.17) is 5.11 Å². The third kappa shape index (κ3) is 4.28. The molecule has 0 aliphatic carbocycles. The summed E-state index contributed by atoms with van der Waals surface area (Å²) in [7, 11) is 0. The van der Waals surface area contributed by atoms with E-state index in [9.17, 15) is 4.79 Å². The standard InChI is InChI=1S/C18H21NO2S/c1-13(2)14-7-4-6-10-17(14)22-12-11-19-16-9-5-3-8-15(16)18(20)21/h3-10,13,19H,11-12H2,1-2H3,(H,20,21). The number of hydrogen-bond donors (Lipinski definition) is 2. The molecule has 0 saturated carbocycles. The maximum atomic E-state index is 11.2. The maximum Gasteiger partial charge on any atom is 0.337 e. The second-order valence-electron chi connectivity index (χ2n) is 5.32. The van der Waals surface area contributed by atoms with Crippen LogP contribution in [0.3, 0.4) is 0 Å². The van der Waals surface area contributed by atoms with Crippen LogP contribution < -0.4 is 5.32 Å². The number of benzene rings is 2. The van der Waals surface area contributed by atoms with Crippen molar-refractivity contribution in [3.63, 3.8) is 0 Å². The van der Waals surface area contributed by atoms with Crippen molar-refractivity contribution in [3.8, 4) is 0 Å². The molecule has 0 atom stereocenters. The van der Waals surface area contributed by atoms with Crippen LogP contribution in [0.5, 0.6) is 0 Å². The minimum atomic E-state index is -0.902. The molecule has 0 radical (unpaired) electrons. The fourth-order valence-electron chi connectivity index (χ4n) is 2.26. The van der Waals surface area contributed by atoms with Gasteiger partial charge in [-0.3, -0.25) is 0 Å². The van der Waals surface area contributed by atoms with Gasteiger partial charge >= 0.3 is 5.97 Å². The van der Waals surface area contributed by atoms with E-state index in [0.29, 0.717) is 17.2 Å². The van der Waals surface area contributed by atoms with E-state index in [1.54, 1.807) is 30.0 Å². The lowest BCUT2D eigenvalue weighted by atomic mass is 10.0. The number of nitrogens with one attached hydrogen (secondary N) is 1. The van der Waals surface area contributed by atoms with Gasteiger partial charge in [0.2, 0.25) is 0 Å². The summed E-state index contributed by atoms with van der Waals surface area (Å²) in [5.41, 5.74) is 2.35. The molecule has 0 amide bonds. The molecule has 0 aliphatic rings. The van der Waals surface area contributed by atoms with Gasteiger partial charge in [-0.2, -0.15) is 0 Å². The van der Waals surface area contributed by atoms with E-state index in [1.807, 2.05) is 6.07 Å². The minimum absolute atomic E-state index is 0.315. The SMILES string of the molecule is CC(C)c1ccccc1SCCNc1ccccc1C(=O)O. The van der Waals surface area contributed by atoms with Crippen LogP contribution >= 0.6 is 11.8 Å². The zero-order valence-electron chi connectivity index (χ0n) is 12.9. The Labute approximate surface area is 135 Å². The first kappa shape index (κ1) is 16.4. The van der Waals surface area contributed by atoms with Gasteiger partial charge in [-0.25, -0.2) is 4.79 Å². The average molecular weight is 315 g/mol. The molecule has 2 aromatic carbocycles. The van der Waals surface area contributed by atoms with Crippen molar-refractivity contribution in [2.24, 2.45) is 0 Å². The van der Waals surface area contributed by atoms with Crippen LogP contribution in [-0.4, -0.2) is 23.4 Å². The highest BCUT2D eigenvalue weighted by Crippen LogP contribution is 2.28. The molecule has 0 aromatic heterocycles. The van der Waals surface area contributed by atoms with E-state index >= 15 is 0 Å². The van der Waals surface area contributed by atoms with Crippen LogP contribution in [0.15, 0.2) is 53.4 Å². The molecule has 0 heterocycles. The fraction of sp³-hybridized carbons (Fsp3) is 0.278. The van der Waals surface area contributed by atoms with Crippen LogP contribution in [0, 0.1) is 0 Å². The molecule has 116 valence electrons. The number of para-hydroxylation sites is 1. The lowest BCUT2D eigenvalue weighted by Crippen LogP contribution is -2.09.